The van der Waals surface area contributed by atoms with E-state index < -0.39 is 0 Å². The minimum Gasteiger partial charge on any atom is -0.361 e. The molecule has 1 amide bonds. The van der Waals surface area contributed by atoms with Crippen molar-refractivity contribution in [2.75, 3.05) is 6.54 Å². The standard InChI is InChI=1S/C22H20FN5O2/c1-2-18-12-20(27-30-18)22(29)25-10-11-28-21(16-4-3-9-24-14-16)13-19(26-28)15-5-7-17(23)8-6-15/h3-9,12-14H,2,10-11H2,1H3,(H,25,29). The highest BCUT2D eigenvalue weighted by Gasteiger charge is 2.14. The summed E-state index contributed by atoms with van der Waals surface area (Å²) >= 11 is 0. The lowest BCUT2D eigenvalue weighted by Crippen LogP contribution is -2.28. The fourth-order valence-corrected chi connectivity index (χ4v) is 3.05. The van der Waals surface area contributed by atoms with E-state index in [1.54, 1.807) is 35.3 Å². The molecule has 0 spiro atoms. The van der Waals surface area contributed by atoms with Crippen molar-refractivity contribution in [3.8, 4) is 22.5 Å². The topological polar surface area (TPSA) is 85.8 Å². The van der Waals surface area contributed by atoms with Crippen LogP contribution in [0.15, 0.2) is 65.4 Å². The molecular formula is C22H20FN5O2. The summed E-state index contributed by atoms with van der Waals surface area (Å²) in [5, 5.41) is 11.3. The maximum atomic E-state index is 13.3. The van der Waals surface area contributed by atoms with Gasteiger partial charge in [0, 0.05) is 42.6 Å². The first-order valence-electron chi connectivity index (χ1n) is 9.62. The average molecular weight is 405 g/mol. The highest BCUT2D eigenvalue weighted by atomic mass is 19.1. The molecule has 0 aliphatic heterocycles. The summed E-state index contributed by atoms with van der Waals surface area (Å²) in [4.78, 5) is 16.4. The number of nitrogens with one attached hydrogen (secondary N) is 1. The number of halogens is 1. The molecule has 1 aromatic carbocycles. The van der Waals surface area contributed by atoms with E-state index in [2.05, 4.69) is 20.6 Å². The van der Waals surface area contributed by atoms with Crippen molar-refractivity contribution in [1.82, 2.24) is 25.2 Å². The molecule has 0 aliphatic rings. The van der Waals surface area contributed by atoms with Gasteiger partial charge in [-0.1, -0.05) is 12.1 Å². The van der Waals surface area contributed by atoms with Gasteiger partial charge in [-0.15, -0.1) is 0 Å². The van der Waals surface area contributed by atoms with Gasteiger partial charge in [-0.3, -0.25) is 14.5 Å². The minimum atomic E-state index is -0.299. The summed E-state index contributed by atoms with van der Waals surface area (Å²) in [5.41, 5.74) is 3.52. The smallest absolute Gasteiger partial charge is 0.273 e. The Balaban J connectivity index is 1.53. The maximum Gasteiger partial charge on any atom is 0.273 e. The average Bonchev–Trinajstić information content (AvgIpc) is 3.42. The van der Waals surface area contributed by atoms with E-state index in [9.17, 15) is 9.18 Å². The molecule has 0 atom stereocenters. The van der Waals surface area contributed by atoms with Crippen LogP contribution in [0, 0.1) is 5.82 Å². The second kappa shape index (κ2) is 8.69. The van der Waals surface area contributed by atoms with Crippen LogP contribution in [-0.2, 0) is 13.0 Å². The molecule has 0 saturated heterocycles. The van der Waals surface area contributed by atoms with Crippen molar-refractivity contribution >= 4 is 5.91 Å². The van der Waals surface area contributed by atoms with Crippen molar-refractivity contribution < 1.29 is 13.7 Å². The molecule has 1 N–H and O–H groups in total. The van der Waals surface area contributed by atoms with Crippen molar-refractivity contribution in [3.05, 3.63) is 78.2 Å². The SMILES string of the molecule is CCc1cc(C(=O)NCCn2nc(-c3ccc(F)cc3)cc2-c2cccnc2)no1. The number of aromatic nitrogens is 4. The molecule has 152 valence electrons. The lowest BCUT2D eigenvalue weighted by atomic mass is 10.1. The van der Waals surface area contributed by atoms with Crippen molar-refractivity contribution in [1.29, 1.82) is 0 Å². The molecule has 0 aliphatic carbocycles. The van der Waals surface area contributed by atoms with Gasteiger partial charge in [-0.25, -0.2) is 4.39 Å². The Bertz CT molecular complexity index is 1140. The Kier molecular flexibility index (Phi) is 5.65. The van der Waals surface area contributed by atoms with Crippen LogP contribution in [0.4, 0.5) is 4.39 Å². The lowest BCUT2D eigenvalue weighted by Gasteiger charge is -2.08. The van der Waals surface area contributed by atoms with Gasteiger partial charge in [0.25, 0.3) is 5.91 Å². The zero-order valence-corrected chi connectivity index (χ0v) is 16.4. The molecular weight excluding hydrogens is 385 g/mol. The number of hydrogen-bond acceptors (Lipinski definition) is 5. The Morgan fingerprint density at radius 2 is 2.00 bits per heavy atom. The van der Waals surface area contributed by atoms with Crippen LogP contribution in [-0.4, -0.2) is 32.4 Å². The first-order valence-corrected chi connectivity index (χ1v) is 9.62. The number of pyridine rings is 1. The lowest BCUT2D eigenvalue weighted by molar-refractivity contribution is 0.0943. The summed E-state index contributed by atoms with van der Waals surface area (Å²) in [6.45, 7) is 2.72. The Morgan fingerprint density at radius 1 is 1.17 bits per heavy atom. The molecule has 7 nitrogen and oxygen atoms in total. The Morgan fingerprint density at radius 3 is 2.70 bits per heavy atom. The molecule has 0 radical (unpaired) electrons. The number of carbonyl (C=O) groups excluding carboxylic acids is 1. The number of nitrogens with zero attached hydrogens (tertiary/aromatic N) is 4. The second-order valence-corrected chi connectivity index (χ2v) is 6.67. The van der Waals surface area contributed by atoms with Crippen molar-refractivity contribution in [2.45, 2.75) is 19.9 Å². The van der Waals surface area contributed by atoms with Gasteiger partial charge in [0.2, 0.25) is 0 Å². The van der Waals surface area contributed by atoms with E-state index in [-0.39, 0.29) is 17.4 Å². The predicted octanol–water partition coefficient (Wildman–Crippen LogP) is 3.73. The normalized spacial score (nSPS) is 10.9. The zero-order valence-electron chi connectivity index (χ0n) is 16.4. The van der Waals surface area contributed by atoms with Crippen molar-refractivity contribution in [2.24, 2.45) is 0 Å². The second-order valence-electron chi connectivity index (χ2n) is 6.67. The summed E-state index contributed by atoms with van der Waals surface area (Å²) < 4.78 is 20.1. The largest absolute Gasteiger partial charge is 0.361 e. The molecule has 3 heterocycles. The Labute approximate surface area is 172 Å². The van der Waals surface area contributed by atoms with E-state index in [0.717, 1.165) is 16.8 Å². The monoisotopic (exact) mass is 405 g/mol. The molecule has 4 rings (SSSR count). The number of carbonyl (C=O) groups is 1. The third-order valence-electron chi connectivity index (χ3n) is 4.63. The van der Waals surface area contributed by atoms with E-state index in [4.69, 9.17) is 4.52 Å². The van der Waals surface area contributed by atoms with Gasteiger partial charge in [-0.05, 0) is 42.5 Å². The van der Waals surface area contributed by atoms with Crippen LogP contribution < -0.4 is 5.32 Å². The summed E-state index contributed by atoms with van der Waals surface area (Å²) in [7, 11) is 0. The van der Waals surface area contributed by atoms with Crippen molar-refractivity contribution in [3.63, 3.8) is 0 Å². The number of aryl methyl sites for hydroxylation is 1. The van der Waals surface area contributed by atoms with Gasteiger partial charge < -0.3 is 9.84 Å². The van der Waals surface area contributed by atoms with Gasteiger partial charge in [0.1, 0.15) is 11.6 Å². The minimum absolute atomic E-state index is 0.256. The van der Waals surface area contributed by atoms with Gasteiger partial charge in [-0.2, -0.15) is 5.10 Å². The van der Waals surface area contributed by atoms with E-state index in [0.29, 0.717) is 31.0 Å². The molecule has 0 bridgehead atoms. The summed E-state index contributed by atoms with van der Waals surface area (Å²) in [5.74, 6) is 0.0646. The molecule has 30 heavy (non-hydrogen) atoms. The quantitative estimate of drug-likeness (QED) is 0.506. The van der Waals surface area contributed by atoms with Crippen LogP contribution in [0.3, 0.4) is 0 Å². The van der Waals surface area contributed by atoms with Crippen LogP contribution in [0.2, 0.25) is 0 Å². The number of rotatable bonds is 7. The van der Waals surface area contributed by atoms with Gasteiger partial charge in [0.05, 0.1) is 17.9 Å². The van der Waals surface area contributed by atoms with Crippen LogP contribution in [0.25, 0.3) is 22.5 Å². The molecule has 0 saturated carbocycles. The molecule has 4 aromatic rings. The first kappa shape index (κ1) is 19.5. The van der Waals surface area contributed by atoms with E-state index >= 15 is 0 Å². The number of amides is 1. The molecule has 0 unspecified atom stereocenters. The predicted molar refractivity (Wildman–Crippen MR) is 109 cm³/mol. The highest BCUT2D eigenvalue weighted by molar-refractivity contribution is 5.92. The maximum absolute atomic E-state index is 13.3. The summed E-state index contributed by atoms with van der Waals surface area (Å²) in [6.07, 6.45) is 4.13. The van der Waals surface area contributed by atoms with Crippen LogP contribution >= 0.6 is 0 Å². The zero-order chi connectivity index (χ0) is 20.9. The van der Waals surface area contributed by atoms with Crippen LogP contribution in [0.5, 0.6) is 0 Å². The highest BCUT2D eigenvalue weighted by Crippen LogP contribution is 2.26. The third kappa shape index (κ3) is 4.27. The molecule has 0 fully saturated rings. The van der Waals surface area contributed by atoms with Gasteiger partial charge >= 0.3 is 0 Å². The fraction of sp³-hybridized carbons (Fsp3) is 0.182. The van der Waals surface area contributed by atoms with Gasteiger partial charge in [0.15, 0.2) is 5.69 Å². The molecule has 3 aromatic heterocycles. The number of benzene rings is 1. The first-order chi connectivity index (χ1) is 14.6. The Hall–Kier alpha value is -3.81. The number of hydrogen-bond donors (Lipinski definition) is 1. The van der Waals surface area contributed by atoms with E-state index in [1.807, 2.05) is 25.1 Å². The fourth-order valence-electron chi connectivity index (χ4n) is 3.05. The third-order valence-corrected chi connectivity index (χ3v) is 4.63. The summed E-state index contributed by atoms with van der Waals surface area (Å²) in [6, 6.07) is 13.5. The van der Waals surface area contributed by atoms with E-state index in [1.165, 1.54) is 12.1 Å². The van der Waals surface area contributed by atoms with Crippen LogP contribution in [0.1, 0.15) is 23.2 Å². The molecule has 8 heteroatoms.